The summed E-state index contributed by atoms with van der Waals surface area (Å²) in [6.45, 7) is 3.86. The van der Waals surface area contributed by atoms with E-state index in [1.54, 1.807) is 49.4 Å². The second-order valence-electron chi connectivity index (χ2n) is 4.96. The van der Waals surface area contributed by atoms with Crippen LogP contribution in [-0.2, 0) is 14.8 Å². The van der Waals surface area contributed by atoms with Crippen molar-refractivity contribution in [3.8, 4) is 0 Å². The van der Waals surface area contributed by atoms with Crippen LogP contribution < -0.4 is 10.0 Å². The van der Waals surface area contributed by atoms with E-state index in [0.29, 0.717) is 15.8 Å². The minimum Gasteiger partial charge on any atom is -0.450 e. The second-order valence-corrected chi connectivity index (χ2v) is 7.47. The van der Waals surface area contributed by atoms with Crippen molar-refractivity contribution < 1.29 is 17.9 Å². The number of ether oxygens (including phenoxy) is 1. The fraction of sp³-hybridized carbons (Fsp3) is 0.188. The maximum atomic E-state index is 12.5. The highest BCUT2D eigenvalue weighted by Crippen LogP contribution is 2.25. The van der Waals surface area contributed by atoms with Crippen molar-refractivity contribution in [1.29, 1.82) is 0 Å². The molecule has 1 amide bonds. The van der Waals surface area contributed by atoms with Crippen molar-refractivity contribution >= 4 is 43.4 Å². The number of anilines is 2. The van der Waals surface area contributed by atoms with Gasteiger partial charge < -0.3 is 4.74 Å². The van der Waals surface area contributed by atoms with Gasteiger partial charge >= 0.3 is 6.09 Å². The third kappa shape index (κ3) is 4.72. The van der Waals surface area contributed by atoms with Gasteiger partial charge in [0.25, 0.3) is 10.0 Å². The lowest BCUT2D eigenvalue weighted by Crippen LogP contribution is -2.14. The largest absolute Gasteiger partial charge is 0.450 e. The van der Waals surface area contributed by atoms with Crippen LogP contribution in [0.25, 0.3) is 0 Å². The first-order valence-corrected chi connectivity index (χ1v) is 9.42. The molecule has 0 atom stereocenters. The molecule has 0 aliphatic heterocycles. The Kier molecular flexibility index (Phi) is 5.84. The van der Waals surface area contributed by atoms with Gasteiger partial charge in [-0.05, 0) is 71.7 Å². The van der Waals surface area contributed by atoms with Gasteiger partial charge in [0.2, 0.25) is 0 Å². The summed E-state index contributed by atoms with van der Waals surface area (Å²) in [4.78, 5) is 11.5. The van der Waals surface area contributed by atoms with Crippen molar-refractivity contribution in [2.24, 2.45) is 0 Å². The highest BCUT2D eigenvalue weighted by atomic mass is 79.9. The van der Waals surface area contributed by atoms with Crippen molar-refractivity contribution in [3.63, 3.8) is 0 Å². The van der Waals surface area contributed by atoms with E-state index >= 15 is 0 Å². The quantitative estimate of drug-likeness (QED) is 0.772. The van der Waals surface area contributed by atoms with Crippen LogP contribution in [-0.4, -0.2) is 21.1 Å². The summed E-state index contributed by atoms with van der Waals surface area (Å²) < 4.78 is 32.7. The van der Waals surface area contributed by atoms with E-state index in [-0.39, 0.29) is 11.5 Å². The molecule has 0 bridgehead atoms. The van der Waals surface area contributed by atoms with E-state index in [2.05, 4.69) is 26.0 Å². The molecule has 0 radical (unpaired) electrons. The molecule has 0 aromatic heterocycles. The van der Waals surface area contributed by atoms with Crippen LogP contribution in [0.5, 0.6) is 0 Å². The number of halogens is 1. The molecule has 6 nitrogen and oxygen atoms in total. The molecule has 0 aliphatic carbocycles. The molecule has 2 N–H and O–H groups in total. The average Bonchev–Trinajstić information content (AvgIpc) is 2.48. The van der Waals surface area contributed by atoms with Gasteiger partial charge in [0.05, 0.1) is 6.61 Å². The standard InChI is InChI=1S/C16H17BrN2O4S/c1-3-23-16(20)18-12-5-7-13(8-6-12)19-24(21,22)15-9-4-11(2)10-14(15)17/h4-10,19H,3H2,1-2H3,(H,18,20). The molecule has 0 aliphatic rings. The van der Waals surface area contributed by atoms with Gasteiger partial charge in [-0.25, -0.2) is 13.2 Å². The number of carbonyl (C=O) groups is 1. The Balaban J connectivity index is 2.14. The predicted octanol–water partition coefficient (Wildman–Crippen LogP) is 4.13. The molecule has 0 heterocycles. The van der Waals surface area contributed by atoms with Crippen LogP contribution in [0.4, 0.5) is 16.2 Å². The molecule has 0 fully saturated rings. The Labute approximate surface area is 149 Å². The van der Waals surface area contributed by atoms with E-state index in [0.717, 1.165) is 5.56 Å². The van der Waals surface area contributed by atoms with Gasteiger partial charge in [0.1, 0.15) is 4.90 Å². The Morgan fingerprint density at radius 3 is 2.33 bits per heavy atom. The summed E-state index contributed by atoms with van der Waals surface area (Å²) in [5.74, 6) is 0. The molecular formula is C16H17BrN2O4S. The van der Waals surface area contributed by atoms with Crippen LogP contribution in [0, 0.1) is 6.92 Å². The zero-order valence-corrected chi connectivity index (χ0v) is 15.6. The minimum atomic E-state index is -3.71. The van der Waals surface area contributed by atoms with Crippen LogP contribution in [0.2, 0.25) is 0 Å². The Bertz CT molecular complexity index is 836. The number of benzene rings is 2. The molecular weight excluding hydrogens is 396 g/mol. The monoisotopic (exact) mass is 412 g/mol. The average molecular weight is 413 g/mol. The lowest BCUT2D eigenvalue weighted by atomic mass is 10.2. The first kappa shape index (κ1) is 18.3. The number of amides is 1. The van der Waals surface area contributed by atoms with Gasteiger partial charge in [-0.2, -0.15) is 0 Å². The highest BCUT2D eigenvalue weighted by Gasteiger charge is 2.17. The fourth-order valence-electron chi connectivity index (χ4n) is 1.94. The molecule has 128 valence electrons. The second kappa shape index (κ2) is 7.67. The molecule has 2 rings (SSSR count). The maximum absolute atomic E-state index is 12.5. The van der Waals surface area contributed by atoms with Crippen molar-refractivity contribution in [2.75, 3.05) is 16.6 Å². The van der Waals surface area contributed by atoms with E-state index in [9.17, 15) is 13.2 Å². The topological polar surface area (TPSA) is 84.5 Å². The molecule has 2 aromatic rings. The van der Waals surface area contributed by atoms with E-state index in [1.165, 1.54) is 0 Å². The lowest BCUT2D eigenvalue weighted by molar-refractivity contribution is 0.168. The number of sulfonamides is 1. The summed E-state index contributed by atoms with van der Waals surface area (Å²) in [5, 5.41) is 2.53. The van der Waals surface area contributed by atoms with Crippen molar-refractivity contribution in [1.82, 2.24) is 0 Å². The van der Waals surface area contributed by atoms with E-state index in [1.807, 2.05) is 6.92 Å². The summed E-state index contributed by atoms with van der Waals surface area (Å²) >= 11 is 3.27. The summed E-state index contributed by atoms with van der Waals surface area (Å²) in [6, 6.07) is 11.3. The number of hydrogen-bond acceptors (Lipinski definition) is 4. The van der Waals surface area contributed by atoms with Gasteiger partial charge in [0, 0.05) is 15.8 Å². The van der Waals surface area contributed by atoms with Gasteiger partial charge in [-0.15, -0.1) is 0 Å². The molecule has 8 heteroatoms. The minimum absolute atomic E-state index is 0.154. The zero-order chi connectivity index (χ0) is 17.7. The molecule has 0 unspecified atom stereocenters. The van der Waals surface area contributed by atoms with Gasteiger partial charge in [0.15, 0.2) is 0 Å². The smallest absolute Gasteiger partial charge is 0.411 e. The first-order valence-electron chi connectivity index (χ1n) is 7.14. The summed E-state index contributed by atoms with van der Waals surface area (Å²) in [5.41, 5.74) is 1.85. The molecule has 0 spiro atoms. The zero-order valence-electron chi connectivity index (χ0n) is 13.2. The number of nitrogens with one attached hydrogen (secondary N) is 2. The van der Waals surface area contributed by atoms with Crippen LogP contribution in [0.1, 0.15) is 12.5 Å². The van der Waals surface area contributed by atoms with Gasteiger partial charge in [-0.1, -0.05) is 6.07 Å². The van der Waals surface area contributed by atoms with Crippen LogP contribution in [0.15, 0.2) is 51.8 Å². The molecule has 0 saturated heterocycles. The number of aryl methyl sites for hydroxylation is 1. The number of hydrogen-bond donors (Lipinski definition) is 2. The fourth-order valence-corrected chi connectivity index (χ4v) is 4.19. The maximum Gasteiger partial charge on any atom is 0.411 e. The van der Waals surface area contributed by atoms with Crippen molar-refractivity contribution in [2.45, 2.75) is 18.7 Å². The van der Waals surface area contributed by atoms with Crippen molar-refractivity contribution in [3.05, 3.63) is 52.5 Å². The molecule has 0 saturated carbocycles. The SMILES string of the molecule is CCOC(=O)Nc1ccc(NS(=O)(=O)c2ccc(C)cc2Br)cc1. The van der Waals surface area contributed by atoms with Gasteiger partial charge in [-0.3, -0.25) is 10.0 Å². The molecule has 24 heavy (non-hydrogen) atoms. The van der Waals surface area contributed by atoms with Crippen LogP contribution >= 0.6 is 15.9 Å². The van der Waals surface area contributed by atoms with E-state index < -0.39 is 16.1 Å². The summed E-state index contributed by atoms with van der Waals surface area (Å²) in [6.07, 6.45) is -0.561. The summed E-state index contributed by atoms with van der Waals surface area (Å²) in [7, 11) is -3.71. The number of rotatable bonds is 5. The molecule has 2 aromatic carbocycles. The van der Waals surface area contributed by atoms with Crippen LogP contribution in [0.3, 0.4) is 0 Å². The predicted molar refractivity (Wildman–Crippen MR) is 96.8 cm³/mol. The normalized spacial score (nSPS) is 11.0. The Hall–Kier alpha value is -2.06. The first-order chi connectivity index (χ1) is 11.3. The third-order valence-electron chi connectivity index (χ3n) is 3.04. The Morgan fingerprint density at radius 1 is 1.12 bits per heavy atom. The lowest BCUT2D eigenvalue weighted by Gasteiger charge is -2.11. The Morgan fingerprint density at radius 2 is 1.75 bits per heavy atom. The van der Waals surface area contributed by atoms with E-state index in [4.69, 9.17) is 4.74 Å². The highest BCUT2D eigenvalue weighted by molar-refractivity contribution is 9.10. The third-order valence-corrected chi connectivity index (χ3v) is 5.39. The number of carbonyl (C=O) groups excluding carboxylic acids is 1.